The molecule has 3 aromatic rings. The minimum absolute atomic E-state index is 0.0652. The van der Waals surface area contributed by atoms with Crippen LogP contribution in [0.5, 0.6) is 5.88 Å². The van der Waals surface area contributed by atoms with Gasteiger partial charge in [0, 0.05) is 25.2 Å². The van der Waals surface area contributed by atoms with Crippen LogP contribution in [-0.4, -0.2) is 37.6 Å². The fraction of sp³-hybridized carbons (Fsp3) is 0.250. The van der Waals surface area contributed by atoms with E-state index in [-0.39, 0.29) is 29.7 Å². The quantitative estimate of drug-likeness (QED) is 0.566. The van der Waals surface area contributed by atoms with Crippen LogP contribution in [0.2, 0.25) is 0 Å². The number of amides is 1. The molecule has 2 aromatic heterocycles. The average molecular weight is 488 g/mol. The second kappa shape index (κ2) is 9.09. The third kappa shape index (κ3) is 4.97. The summed E-state index contributed by atoms with van der Waals surface area (Å²) >= 11 is 3.20. The van der Waals surface area contributed by atoms with Gasteiger partial charge in [0.15, 0.2) is 5.82 Å². The zero-order chi connectivity index (χ0) is 22.7. The number of nitrogens with zero attached hydrogens (tertiary/aromatic N) is 6. The highest BCUT2D eigenvalue weighted by atomic mass is 79.9. The lowest BCUT2D eigenvalue weighted by molar-refractivity contribution is 0.0778. The zero-order valence-electron chi connectivity index (χ0n) is 17.0. The van der Waals surface area contributed by atoms with Crippen LogP contribution in [0.3, 0.4) is 0 Å². The van der Waals surface area contributed by atoms with Crippen molar-refractivity contribution in [3.8, 4) is 11.9 Å². The molecule has 0 unspecified atom stereocenters. The van der Waals surface area contributed by atoms with E-state index < -0.39 is 11.9 Å². The number of hydrogen-bond acceptors (Lipinski definition) is 7. The van der Waals surface area contributed by atoms with Gasteiger partial charge in [-0.1, -0.05) is 0 Å². The molecule has 31 heavy (non-hydrogen) atoms. The third-order valence-corrected chi connectivity index (χ3v) is 4.88. The number of benzene rings is 1. The van der Waals surface area contributed by atoms with Gasteiger partial charge in [-0.15, -0.1) is 0 Å². The summed E-state index contributed by atoms with van der Waals surface area (Å²) < 4.78 is 21.6. The number of halogens is 2. The lowest BCUT2D eigenvalue weighted by Crippen LogP contribution is -2.28. The molecule has 2 heterocycles. The molecule has 1 amide bonds. The first-order valence-electron chi connectivity index (χ1n) is 9.12. The number of nitrogens with two attached hydrogens (primary N) is 1. The number of hydrogen-bond donors (Lipinski definition) is 1. The smallest absolute Gasteiger partial charge is 0.258 e. The summed E-state index contributed by atoms with van der Waals surface area (Å²) in [6, 6.07) is 7.48. The van der Waals surface area contributed by atoms with Crippen LogP contribution in [-0.2, 0) is 13.6 Å². The van der Waals surface area contributed by atoms with E-state index >= 15 is 0 Å². The first-order valence-corrected chi connectivity index (χ1v) is 9.91. The summed E-state index contributed by atoms with van der Waals surface area (Å²) in [5.41, 5.74) is 7.33. The Morgan fingerprint density at radius 1 is 1.45 bits per heavy atom. The Kier molecular flexibility index (Phi) is 6.50. The highest BCUT2D eigenvalue weighted by Gasteiger charge is 2.23. The molecule has 160 valence electrons. The minimum Gasteiger partial charge on any atom is -0.467 e. The molecule has 0 fully saturated rings. The Balaban J connectivity index is 1.86. The molecule has 0 aliphatic rings. The molecule has 1 atom stereocenters. The Bertz CT molecular complexity index is 1170. The molecule has 0 saturated carbocycles. The van der Waals surface area contributed by atoms with Crippen molar-refractivity contribution >= 4 is 27.7 Å². The summed E-state index contributed by atoms with van der Waals surface area (Å²) in [4.78, 5) is 22.6. The predicted octanol–water partition coefficient (Wildman–Crippen LogP) is 2.98. The van der Waals surface area contributed by atoms with Crippen molar-refractivity contribution in [2.75, 3.05) is 12.8 Å². The van der Waals surface area contributed by atoms with Crippen molar-refractivity contribution in [1.82, 2.24) is 24.6 Å². The molecule has 3 rings (SSSR count). The lowest BCUT2D eigenvalue weighted by atomic mass is 10.0. The molecule has 1 aromatic carbocycles. The van der Waals surface area contributed by atoms with Gasteiger partial charge >= 0.3 is 0 Å². The average Bonchev–Trinajstić information content (AvgIpc) is 3.09. The number of nitriles is 1. The van der Waals surface area contributed by atoms with E-state index in [2.05, 4.69) is 31.0 Å². The van der Waals surface area contributed by atoms with Gasteiger partial charge in [-0.3, -0.25) is 9.48 Å². The Morgan fingerprint density at radius 3 is 2.87 bits per heavy atom. The number of rotatable bonds is 6. The number of aryl methyl sites for hydroxylation is 1. The molecule has 11 heteroatoms. The summed E-state index contributed by atoms with van der Waals surface area (Å²) in [6.07, 6.45) is 0.683. The molecular weight excluding hydrogens is 469 g/mol. The molecule has 0 saturated heterocycles. The van der Waals surface area contributed by atoms with Gasteiger partial charge < -0.3 is 15.4 Å². The topological polar surface area (TPSA) is 123 Å². The maximum atomic E-state index is 14.0. The summed E-state index contributed by atoms with van der Waals surface area (Å²) in [6.45, 7) is 1.83. The maximum absolute atomic E-state index is 14.0. The zero-order valence-corrected chi connectivity index (χ0v) is 18.6. The Hall–Kier alpha value is -3.52. The maximum Gasteiger partial charge on any atom is 0.258 e. The molecule has 2 N–H and O–H groups in total. The normalized spacial score (nSPS) is 11.6. The van der Waals surface area contributed by atoms with Crippen molar-refractivity contribution in [1.29, 1.82) is 5.26 Å². The van der Waals surface area contributed by atoms with Gasteiger partial charge in [0.05, 0.1) is 18.4 Å². The largest absolute Gasteiger partial charge is 0.467 e. The van der Waals surface area contributed by atoms with E-state index in [1.54, 1.807) is 27.1 Å². The van der Waals surface area contributed by atoms with Crippen molar-refractivity contribution < 1.29 is 13.9 Å². The van der Waals surface area contributed by atoms with E-state index in [9.17, 15) is 9.18 Å². The van der Waals surface area contributed by atoms with Crippen LogP contribution in [0.15, 0.2) is 35.1 Å². The van der Waals surface area contributed by atoms with Crippen LogP contribution in [0.1, 0.15) is 40.3 Å². The fourth-order valence-electron chi connectivity index (χ4n) is 2.97. The number of carbonyl (C=O) groups excluding carboxylic acids is 1. The van der Waals surface area contributed by atoms with E-state index in [0.29, 0.717) is 21.6 Å². The van der Waals surface area contributed by atoms with Crippen LogP contribution in [0.4, 0.5) is 10.2 Å². The monoisotopic (exact) mass is 487 g/mol. The highest BCUT2D eigenvalue weighted by molar-refractivity contribution is 9.10. The van der Waals surface area contributed by atoms with Crippen molar-refractivity contribution in [2.45, 2.75) is 19.6 Å². The summed E-state index contributed by atoms with van der Waals surface area (Å²) in [5.74, 6) is -0.737. The van der Waals surface area contributed by atoms with Gasteiger partial charge in [-0.2, -0.15) is 10.4 Å². The van der Waals surface area contributed by atoms with E-state index in [0.717, 1.165) is 0 Å². The van der Waals surface area contributed by atoms with Crippen LogP contribution in [0.25, 0.3) is 0 Å². The van der Waals surface area contributed by atoms with E-state index in [4.69, 9.17) is 15.7 Å². The Morgan fingerprint density at radius 2 is 2.19 bits per heavy atom. The van der Waals surface area contributed by atoms with Crippen LogP contribution in [0, 0.1) is 17.1 Å². The number of aromatic nitrogens is 4. The third-order valence-electron chi connectivity index (χ3n) is 4.50. The molecule has 0 radical (unpaired) electrons. The van der Waals surface area contributed by atoms with Crippen molar-refractivity contribution in [3.63, 3.8) is 0 Å². The molecular formula is C20H19BrFN7O2. The second-order valence-corrected chi connectivity index (χ2v) is 7.60. The SMILES string of the molecule is C[C@@H](Oc1nc(Br)cnc1N)c1cc(F)ccc1C(=O)N(C)Cc1cc(C#N)n(C)n1. The molecule has 0 aliphatic heterocycles. The van der Waals surface area contributed by atoms with Gasteiger partial charge in [0.2, 0.25) is 0 Å². The van der Waals surface area contributed by atoms with Gasteiger partial charge in [0.25, 0.3) is 11.8 Å². The van der Waals surface area contributed by atoms with Crippen LogP contribution >= 0.6 is 15.9 Å². The minimum atomic E-state index is -0.742. The van der Waals surface area contributed by atoms with E-state index in [1.807, 2.05) is 6.07 Å². The van der Waals surface area contributed by atoms with E-state index in [1.165, 1.54) is 34.0 Å². The Labute approximate surface area is 186 Å². The van der Waals surface area contributed by atoms with Gasteiger partial charge in [0.1, 0.15) is 28.3 Å². The van der Waals surface area contributed by atoms with Crippen molar-refractivity contribution in [3.05, 3.63) is 63.4 Å². The predicted molar refractivity (Wildman–Crippen MR) is 113 cm³/mol. The number of carbonyl (C=O) groups is 1. The lowest BCUT2D eigenvalue weighted by Gasteiger charge is -2.21. The molecule has 0 aliphatic carbocycles. The molecule has 9 nitrogen and oxygen atoms in total. The van der Waals surface area contributed by atoms with Crippen LogP contribution < -0.4 is 10.5 Å². The first-order chi connectivity index (χ1) is 14.7. The van der Waals surface area contributed by atoms with Gasteiger partial charge in [-0.05, 0) is 47.1 Å². The number of ether oxygens (including phenoxy) is 1. The first kappa shape index (κ1) is 22.2. The molecule has 0 bridgehead atoms. The highest BCUT2D eigenvalue weighted by Crippen LogP contribution is 2.28. The fourth-order valence-corrected chi connectivity index (χ4v) is 3.24. The van der Waals surface area contributed by atoms with Gasteiger partial charge in [-0.25, -0.2) is 14.4 Å². The number of anilines is 1. The molecule has 0 spiro atoms. The standard InChI is InChI=1S/C20H19BrFN7O2/c1-11(31-19-18(24)25-9-17(21)26-19)16-6-12(22)4-5-15(16)20(30)28(2)10-13-7-14(8-23)29(3)27-13/h4-7,9,11H,10H2,1-3H3,(H2,24,25)/t11-/m1/s1. The number of nitrogen functional groups attached to an aromatic ring is 1. The second-order valence-electron chi connectivity index (χ2n) is 6.79. The summed E-state index contributed by atoms with van der Waals surface area (Å²) in [7, 11) is 3.25. The van der Waals surface area contributed by atoms with Crippen molar-refractivity contribution in [2.24, 2.45) is 7.05 Å². The summed E-state index contributed by atoms with van der Waals surface area (Å²) in [5, 5.41) is 13.3.